The maximum atomic E-state index is 10.9. The summed E-state index contributed by atoms with van der Waals surface area (Å²) in [5.74, 6) is -0.897. The predicted molar refractivity (Wildman–Crippen MR) is 59.2 cm³/mol. The summed E-state index contributed by atoms with van der Waals surface area (Å²) in [6.07, 6.45) is 1.72. The monoisotopic (exact) mass is 219 g/mol. The summed E-state index contributed by atoms with van der Waals surface area (Å²) < 4.78 is 0. The molecule has 0 aliphatic rings. The third-order valence-corrected chi connectivity index (χ3v) is 3.03. The number of carboxylic acid groups (broad SMARTS) is 1. The number of rotatable bonds is 2. The molecule has 0 radical (unpaired) electrons. The SMILES string of the molecule is Cc1c(C(=O)O)cccc1-c1nccs1. The lowest BCUT2D eigenvalue weighted by Gasteiger charge is -2.05. The second-order valence-electron chi connectivity index (χ2n) is 3.12. The van der Waals surface area contributed by atoms with E-state index in [9.17, 15) is 4.79 Å². The van der Waals surface area contributed by atoms with Crippen LogP contribution in [0.15, 0.2) is 29.8 Å². The van der Waals surface area contributed by atoms with Crippen LogP contribution in [-0.4, -0.2) is 16.1 Å². The summed E-state index contributed by atoms with van der Waals surface area (Å²) >= 11 is 1.51. The number of aromatic nitrogens is 1. The third-order valence-electron chi connectivity index (χ3n) is 2.23. The van der Waals surface area contributed by atoms with E-state index in [0.717, 1.165) is 16.1 Å². The number of thiazole rings is 1. The Bertz CT molecular complexity index is 491. The quantitative estimate of drug-likeness (QED) is 0.844. The number of hydrogen-bond donors (Lipinski definition) is 1. The molecule has 4 heteroatoms. The Morgan fingerprint density at radius 1 is 1.47 bits per heavy atom. The fraction of sp³-hybridized carbons (Fsp3) is 0.0909. The van der Waals surface area contributed by atoms with E-state index in [1.54, 1.807) is 25.3 Å². The van der Waals surface area contributed by atoms with Crippen LogP contribution in [0.3, 0.4) is 0 Å². The number of carbonyl (C=O) groups is 1. The molecule has 0 aliphatic heterocycles. The Morgan fingerprint density at radius 3 is 2.87 bits per heavy atom. The van der Waals surface area contributed by atoms with Gasteiger partial charge in [-0.15, -0.1) is 11.3 Å². The van der Waals surface area contributed by atoms with Crippen LogP contribution < -0.4 is 0 Å². The van der Waals surface area contributed by atoms with Gasteiger partial charge in [-0.2, -0.15) is 0 Å². The normalized spacial score (nSPS) is 10.2. The molecule has 0 saturated heterocycles. The van der Waals surface area contributed by atoms with Crippen LogP contribution in [0.4, 0.5) is 0 Å². The molecule has 1 heterocycles. The van der Waals surface area contributed by atoms with Gasteiger partial charge >= 0.3 is 5.97 Å². The van der Waals surface area contributed by atoms with Crippen LogP contribution in [0, 0.1) is 6.92 Å². The van der Waals surface area contributed by atoms with Gasteiger partial charge in [-0.3, -0.25) is 0 Å². The summed E-state index contributed by atoms with van der Waals surface area (Å²) in [5.41, 5.74) is 1.99. The molecule has 0 unspecified atom stereocenters. The first-order valence-electron chi connectivity index (χ1n) is 4.43. The highest BCUT2D eigenvalue weighted by Crippen LogP contribution is 2.27. The van der Waals surface area contributed by atoms with E-state index in [0.29, 0.717) is 5.56 Å². The van der Waals surface area contributed by atoms with Crippen LogP contribution >= 0.6 is 11.3 Å². The van der Waals surface area contributed by atoms with Gasteiger partial charge in [-0.1, -0.05) is 12.1 Å². The molecule has 2 rings (SSSR count). The molecule has 0 aliphatic carbocycles. The molecular formula is C11H9NO2S. The summed E-state index contributed by atoms with van der Waals surface area (Å²) in [4.78, 5) is 15.1. The molecule has 1 aromatic carbocycles. The maximum absolute atomic E-state index is 10.9. The number of nitrogens with zero attached hydrogens (tertiary/aromatic N) is 1. The molecule has 0 atom stereocenters. The van der Waals surface area contributed by atoms with Crippen LogP contribution in [0.2, 0.25) is 0 Å². The molecule has 0 bridgehead atoms. The van der Waals surface area contributed by atoms with Crippen molar-refractivity contribution in [3.63, 3.8) is 0 Å². The van der Waals surface area contributed by atoms with E-state index in [1.807, 2.05) is 11.4 Å². The van der Waals surface area contributed by atoms with Crippen molar-refractivity contribution in [2.45, 2.75) is 6.92 Å². The van der Waals surface area contributed by atoms with E-state index < -0.39 is 5.97 Å². The number of aromatic carboxylic acids is 1. The van der Waals surface area contributed by atoms with Gasteiger partial charge in [0.25, 0.3) is 0 Å². The summed E-state index contributed by atoms with van der Waals surface area (Å²) in [6, 6.07) is 5.24. The minimum absolute atomic E-state index is 0.336. The highest BCUT2D eigenvalue weighted by atomic mass is 32.1. The Kier molecular flexibility index (Phi) is 2.51. The predicted octanol–water partition coefficient (Wildman–Crippen LogP) is 2.82. The fourth-order valence-electron chi connectivity index (χ4n) is 1.46. The summed E-state index contributed by atoms with van der Waals surface area (Å²) in [6.45, 7) is 1.81. The van der Waals surface area contributed by atoms with Crippen LogP contribution in [0.25, 0.3) is 10.6 Å². The zero-order chi connectivity index (χ0) is 10.8. The summed E-state index contributed by atoms with van der Waals surface area (Å²) in [5, 5.41) is 11.7. The molecule has 1 N–H and O–H groups in total. The Labute approximate surface area is 91.0 Å². The lowest BCUT2D eigenvalue weighted by atomic mass is 10.0. The standard InChI is InChI=1S/C11H9NO2S/c1-7-8(10-12-5-6-15-10)3-2-4-9(7)11(13)14/h2-6H,1H3,(H,13,14). The average molecular weight is 219 g/mol. The van der Waals surface area contributed by atoms with E-state index in [2.05, 4.69) is 4.98 Å². The minimum atomic E-state index is -0.897. The molecule has 76 valence electrons. The lowest BCUT2D eigenvalue weighted by molar-refractivity contribution is 0.0696. The first-order chi connectivity index (χ1) is 7.20. The minimum Gasteiger partial charge on any atom is -0.478 e. The van der Waals surface area contributed by atoms with Crippen molar-refractivity contribution in [1.29, 1.82) is 0 Å². The van der Waals surface area contributed by atoms with Crippen molar-refractivity contribution in [3.05, 3.63) is 40.9 Å². The van der Waals surface area contributed by atoms with Crippen LogP contribution in [-0.2, 0) is 0 Å². The van der Waals surface area contributed by atoms with Crippen molar-refractivity contribution in [3.8, 4) is 10.6 Å². The third kappa shape index (κ3) is 1.76. The van der Waals surface area contributed by atoms with Crippen molar-refractivity contribution >= 4 is 17.3 Å². The first-order valence-corrected chi connectivity index (χ1v) is 5.31. The van der Waals surface area contributed by atoms with Crippen molar-refractivity contribution in [2.75, 3.05) is 0 Å². The second kappa shape index (κ2) is 3.82. The van der Waals surface area contributed by atoms with Gasteiger partial charge in [-0.25, -0.2) is 9.78 Å². The molecule has 0 spiro atoms. The van der Waals surface area contributed by atoms with Crippen LogP contribution in [0.1, 0.15) is 15.9 Å². The van der Waals surface area contributed by atoms with Crippen molar-refractivity contribution in [1.82, 2.24) is 4.98 Å². The second-order valence-corrected chi connectivity index (χ2v) is 4.02. The molecule has 1 aromatic heterocycles. The smallest absolute Gasteiger partial charge is 0.335 e. The molecule has 3 nitrogen and oxygen atoms in total. The molecule has 0 amide bonds. The van der Waals surface area contributed by atoms with Gasteiger partial charge in [0.1, 0.15) is 5.01 Å². The number of hydrogen-bond acceptors (Lipinski definition) is 3. The van der Waals surface area contributed by atoms with Gasteiger partial charge in [0.05, 0.1) is 5.56 Å². The van der Waals surface area contributed by atoms with Gasteiger partial charge in [0, 0.05) is 17.1 Å². The lowest BCUT2D eigenvalue weighted by Crippen LogP contribution is -2.00. The van der Waals surface area contributed by atoms with E-state index in [-0.39, 0.29) is 0 Å². The Hall–Kier alpha value is -1.68. The van der Waals surface area contributed by atoms with Gasteiger partial charge in [-0.05, 0) is 18.6 Å². The van der Waals surface area contributed by atoms with E-state index in [4.69, 9.17) is 5.11 Å². The highest BCUT2D eigenvalue weighted by Gasteiger charge is 2.12. The highest BCUT2D eigenvalue weighted by molar-refractivity contribution is 7.13. The molecule has 0 fully saturated rings. The van der Waals surface area contributed by atoms with E-state index >= 15 is 0 Å². The zero-order valence-electron chi connectivity index (χ0n) is 8.10. The van der Waals surface area contributed by atoms with Gasteiger partial charge < -0.3 is 5.11 Å². The van der Waals surface area contributed by atoms with Crippen LogP contribution in [0.5, 0.6) is 0 Å². The number of carboxylic acids is 1. The number of benzene rings is 1. The zero-order valence-corrected chi connectivity index (χ0v) is 8.91. The Morgan fingerprint density at radius 2 is 2.27 bits per heavy atom. The van der Waals surface area contributed by atoms with Crippen molar-refractivity contribution in [2.24, 2.45) is 0 Å². The largest absolute Gasteiger partial charge is 0.478 e. The first kappa shape index (κ1) is 9.86. The van der Waals surface area contributed by atoms with E-state index in [1.165, 1.54) is 11.3 Å². The van der Waals surface area contributed by atoms with Gasteiger partial charge in [0.2, 0.25) is 0 Å². The fourth-order valence-corrected chi connectivity index (χ4v) is 2.18. The molecule has 0 saturated carbocycles. The van der Waals surface area contributed by atoms with Crippen molar-refractivity contribution < 1.29 is 9.90 Å². The Balaban J connectivity index is 2.59. The van der Waals surface area contributed by atoms with Gasteiger partial charge in [0.15, 0.2) is 0 Å². The average Bonchev–Trinajstić information content (AvgIpc) is 2.70. The summed E-state index contributed by atoms with van der Waals surface area (Å²) in [7, 11) is 0. The molecular weight excluding hydrogens is 210 g/mol. The maximum Gasteiger partial charge on any atom is 0.335 e. The molecule has 2 aromatic rings. The topological polar surface area (TPSA) is 50.2 Å². The molecule has 15 heavy (non-hydrogen) atoms.